The van der Waals surface area contributed by atoms with E-state index in [1.165, 1.54) is 0 Å². The predicted octanol–water partition coefficient (Wildman–Crippen LogP) is 2.74. The molecule has 3 nitrogen and oxygen atoms in total. The number of carbonyl (C=O) groups excluding carboxylic acids is 1. The highest BCUT2D eigenvalue weighted by Gasteiger charge is 2.15. The largest absolute Gasteiger partial charge is 0.359 e. The van der Waals surface area contributed by atoms with Crippen molar-refractivity contribution in [2.24, 2.45) is 7.05 Å². The van der Waals surface area contributed by atoms with Crippen molar-refractivity contribution in [1.82, 2.24) is 9.55 Å². The normalized spacial score (nSPS) is 10.9. The second kappa shape index (κ2) is 3.63. The summed E-state index contributed by atoms with van der Waals surface area (Å²) in [6, 6.07) is 11.5. The molecule has 2 aromatic heterocycles. The molecule has 3 aromatic rings. The lowest BCUT2D eigenvalue weighted by Crippen LogP contribution is -2.00. The van der Waals surface area contributed by atoms with Crippen molar-refractivity contribution in [1.29, 1.82) is 0 Å². The van der Waals surface area contributed by atoms with E-state index in [4.69, 9.17) is 0 Å². The van der Waals surface area contributed by atoms with Gasteiger partial charge in [-0.25, -0.2) is 0 Å². The summed E-state index contributed by atoms with van der Waals surface area (Å²) >= 11 is 0. The van der Waals surface area contributed by atoms with Crippen molar-refractivity contribution in [3.05, 3.63) is 60.0 Å². The molecular formula is C14H12N2O. The molecule has 3 rings (SSSR count). The summed E-state index contributed by atoms with van der Waals surface area (Å²) in [7, 11) is 1.95. The molecule has 0 saturated heterocycles. The number of para-hydroxylation sites is 1. The average molecular weight is 224 g/mol. The zero-order chi connectivity index (χ0) is 11.8. The van der Waals surface area contributed by atoms with Gasteiger partial charge in [-0.05, 0) is 18.2 Å². The first-order valence-electron chi connectivity index (χ1n) is 5.49. The number of hydrogen-bond donors (Lipinski definition) is 1. The van der Waals surface area contributed by atoms with Crippen molar-refractivity contribution in [3.63, 3.8) is 0 Å². The lowest BCUT2D eigenvalue weighted by molar-refractivity contribution is 0.103. The third-order valence-corrected chi connectivity index (χ3v) is 2.98. The predicted molar refractivity (Wildman–Crippen MR) is 67.1 cm³/mol. The summed E-state index contributed by atoms with van der Waals surface area (Å²) in [6.45, 7) is 0. The number of aromatic amines is 1. The Balaban J connectivity index is 2.22. The Hall–Kier alpha value is -2.29. The quantitative estimate of drug-likeness (QED) is 0.668. The first kappa shape index (κ1) is 9.90. The van der Waals surface area contributed by atoms with E-state index in [0.717, 1.165) is 16.5 Å². The molecule has 2 heterocycles. The van der Waals surface area contributed by atoms with Crippen LogP contribution in [-0.2, 0) is 7.05 Å². The van der Waals surface area contributed by atoms with Gasteiger partial charge in [0.2, 0.25) is 5.78 Å². The van der Waals surface area contributed by atoms with Gasteiger partial charge < -0.3 is 9.55 Å². The molecule has 0 aliphatic carbocycles. The highest BCUT2D eigenvalue weighted by Crippen LogP contribution is 2.22. The molecular weight excluding hydrogens is 212 g/mol. The number of H-pyrrole nitrogens is 1. The number of hydrogen-bond acceptors (Lipinski definition) is 1. The van der Waals surface area contributed by atoms with Gasteiger partial charge in [0, 0.05) is 35.9 Å². The maximum atomic E-state index is 12.3. The Kier molecular flexibility index (Phi) is 2.11. The third-order valence-electron chi connectivity index (χ3n) is 2.98. The van der Waals surface area contributed by atoms with E-state index in [2.05, 4.69) is 4.98 Å². The molecule has 17 heavy (non-hydrogen) atoms. The van der Waals surface area contributed by atoms with Crippen LogP contribution in [0, 0.1) is 0 Å². The number of ketones is 1. The first-order chi connectivity index (χ1) is 8.27. The van der Waals surface area contributed by atoms with Crippen LogP contribution in [0.1, 0.15) is 16.1 Å². The Bertz CT molecular complexity index is 677. The van der Waals surface area contributed by atoms with Gasteiger partial charge in [0.25, 0.3) is 0 Å². The molecule has 0 fully saturated rings. The Morgan fingerprint density at radius 2 is 2.00 bits per heavy atom. The van der Waals surface area contributed by atoms with Crippen LogP contribution in [0.4, 0.5) is 0 Å². The number of carbonyl (C=O) groups is 1. The average Bonchev–Trinajstić information content (AvgIpc) is 2.97. The van der Waals surface area contributed by atoms with E-state index in [0.29, 0.717) is 5.69 Å². The van der Waals surface area contributed by atoms with Gasteiger partial charge in [-0.15, -0.1) is 0 Å². The van der Waals surface area contributed by atoms with E-state index in [1.54, 1.807) is 12.3 Å². The van der Waals surface area contributed by atoms with Gasteiger partial charge >= 0.3 is 0 Å². The van der Waals surface area contributed by atoms with E-state index < -0.39 is 0 Å². The third kappa shape index (κ3) is 1.47. The van der Waals surface area contributed by atoms with Crippen LogP contribution in [-0.4, -0.2) is 15.3 Å². The van der Waals surface area contributed by atoms with Crippen LogP contribution in [0.5, 0.6) is 0 Å². The topological polar surface area (TPSA) is 37.8 Å². The number of nitrogens with zero attached hydrogens (tertiary/aromatic N) is 1. The zero-order valence-corrected chi connectivity index (χ0v) is 9.47. The minimum atomic E-state index is 0.0341. The number of benzene rings is 1. The minimum absolute atomic E-state index is 0.0341. The maximum Gasteiger partial charge on any atom is 0.211 e. The molecule has 1 N–H and O–H groups in total. The molecule has 0 amide bonds. The summed E-state index contributed by atoms with van der Waals surface area (Å²) in [5.41, 5.74) is 2.44. The van der Waals surface area contributed by atoms with Gasteiger partial charge in [0.1, 0.15) is 0 Å². The highest BCUT2D eigenvalue weighted by atomic mass is 16.1. The van der Waals surface area contributed by atoms with Crippen LogP contribution in [0.25, 0.3) is 10.9 Å². The molecule has 0 bridgehead atoms. The molecule has 0 radical (unpaired) electrons. The molecule has 0 saturated carbocycles. The Morgan fingerprint density at radius 1 is 1.18 bits per heavy atom. The van der Waals surface area contributed by atoms with Crippen LogP contribution >= 0.6 is 0 Å². The fourth-order valence-electron chi connectivity index (χ4n) is 2.14. The van der Waals surface area contributed by atoms with Gasteiger partial charge in [-0.3, -0.25) is 4.79 Å². The molecule has 0 aliphatic rings. The summed E-state index contributed by atoms with van der Waals surface area (Å²) in [6.07, 6.45) is 3.65. The molecule has 3 heteroatoms. The molecule has 0 aliphatic heterocycles. The van der Waals surface area contributed by atoms with E-state index in [-0.39, 0.29) is 5.78 Å². The van der Waals surface area contributed by atoms with Crippen LogP contribution in [0.3, 0.4) is 0 Å². The fourth-order valence-corrected chi connectivity index (χ4v) is 2.14. The summed E-state index contributed by atoms with van der Waals surface area (Å²) in [4.78, 5) is 15.2. The SMILES string of the molecule is Cn1cc(C(=O)c2ccc[nH]2)c2ccccc21. The number of rotatable bonds is 2. The second-order valence-corrected chi connectivity index (χ2v) is 4.08. The van der Waals surface area contributed by atoms with Gasteiger partial charge in [-0.2, -0.15) is 0 Å². The molecule has 0 spiro atoms. The number of nitrogens with one attached hydrogen (secondary N) is 1. The van der Waals surface area contributed by atoms with Crippen molar-refractivity contribution >= 4 is 16.7 Å². The lowest BCUT2D eigenvalue weighted by atomic mass is 10.1. The molecule has 0 unspecified atom stereocenters. The highest BCUT2D eigenvalue weighted by molar-refractivity contribution is 6.15. The molecule has 1 aromatic carbocycles. The first-order valence-corrected chi connectivity index (χ1v) is 5.49. The Labute approximate surface area is 98.7 Å². The van der Waals surface area contributed by atoms with Crippen molar-refractivity contribution in [2.45, 2.75) is 0 Å². The van der Waals surface area contributed by atoms with Crippen LogP contribution in [0.15, 0.2) is 48.8 Å². The summed E-state index contributed by atoms with van der Waals surface area (Å²) < 4.78 is 1.98. The molecule has 84 valence electrons. The van der Waals surface area contributed by atoms with Crippen molar-refractivity contribution in [2.75, 3.05) is 0 Å². The lowest BCUT2D eigenvalue weighted by Gasteiger charge is -1.95. The van der Waals surface area contributed by atoms with Gasteiger partial charge in [0.15, 0.2) is 0 Å². The maximum absolute atomic E-state index is 12.3. The van der Waals surface area contributed by atoms with Crippen LogP contribution in [0.2, 0.25) is 0 Å². The summed E-state index contributed by atoms with van der Waals surface area (Å²) in [5.74, 6) is 0.0341. The smallest absolute Gasteiger partial charge is 0.211 e. The minimum Gasteiger partial charge on any atom is -0.359 e. The standard InChI is InChI=1S/C14H12N2O/c1-16-9-11(10-5-2-3-7-13(10)16)14(17)12-6-4-8-15-12/h2-9,15H,1H3. The van der Waals surface area contributed by atoms with Gasteiger partial charge in [-0.1, -0.05) is 18.2 Å². The number of aromatic nitrogens is 2. The second-order valence-electron chi connectivity index (χ2n) is 4.08. The van der Waals surface area contributed by atoms with Crippen molar-refractivity contribution < 1.29 is 4.79 Å². The number of fused-ring (bicyclic) bond motifs is 1. The zero-order valence-electron chi connectivity index (χ0n) is 9.47. The van der Waals surface area contributed by atoms with E-state index in [1.807, 2.05) is 48.1 Å². The Morgan fingerprint density at radius 3 is 2.76 bits per heavy atom. The van der Waals surface area contributed by atoms with Gasteiger partial charge in [0.05, 0.1) is 5.69 Å². The summed E-state index contributed by atoms with van der Waals surface area (Å²) in [5, 5.41) is 0.995. The van der Waals surface area contributed by atoms with E-state index >= 15 is 0 Å². The monoisotopic (exact) mass is 224 g/mol. The van der Waals surface area contributed by atoms with Crippen LogP contribution < -0.4 is 0 Å². The molecule has 0 atom stereocenters. The number of aryl methyl sites for hydroxylation is 1. The fraction of sp³-hybridized carbons (Fsp3) is 0.0714. The van der Waals surface area contributed by atoms with E-state index in [9.17, 15) is 4.79 Å². The van der Waals surface area contributed by atoms with Crippen molar-refractivity contribution in [3.8, 4) is 0 Å².